The molecule has 310 valence electrons. The van der Waals surface area contributed by atoms with E-state index >= 15 is 0 Å². The van der Waals surface area contributed by atoms with E-state index in [9.17, 15) is 19.2 Å². The maximum absolute atomic E-state index is 13.6. The van der Waals surface area contributed by atoms with Crippen molar-refractivity contribution in [2.24, 2.45) is 23.7 Å². The molecular formula is C45H66N2O9. The van der Waals surface area contributed by atoms with Crippen LogP contribution >= 0.6 is 0 Å². The molecule has 0 saturated carbocycles. The lowest BCUT2D eigenvalue weighted by molar-refractivity contribution is -0.163. The highest BCUT2D eigenvalue weighted by atomic mass is 16.6. The predicted octanol–water partition coefficient (Wildman–Crippen LogP) is 8.78. The van der Waals surface area contributed by atoms with Crippen LogP contribution in [0.5, 0.6) is 5.75 Å². The Morgan fingerprint density at radius 3 is 1.39 bits per heavy atom. The molecule has 4 rings (SSSR count). The number of benzene rings is 2. The SMILES string of the molecule is CC(C)(C)OC(=O)C(Cc1cccc(COc2cccc(CC(C(=O)OC(C)(C)C)[C@H]3CCN(C(=O)OC(C)(C)C)C3)c2)c1)[C@H]1CCN(C(=O)OC(C)(C)C)C1. The van der Waals surface area contributed by atoms with Crippen LogP contribution in [0.25, 0.3) is 0 Å². The molecule has 0 bridgehead atoms. The number of esters is 2. The van der Waals surface area contributed by atoms with Crippen molar-refractivity contribution in [2.75, 3.05) is 26.2 Å². The zero-order chi connectivity index (χ0) is 41.6. The quantitative estimate of drug-likeness (QED) is 0.163. The van der Waals surface area contributed by atoms with E-state index < -0.39 is 34.2 Å². The van der Waals surface area contributed by atoms with Crippen molar-refractivity contribution in [1.29, 1.82) is 0 Å². The minimum Gasteiger partial charge on any atom is -0.489 e. The van der Waals surface area contributed by atoms with Gasteiger partial charge in [0.25, 0.3) is 0 Å². The molecule has 0 aromatic heterocycles. The molecule has 0 N–H and O–H groups in total. The molecule has 2 aliphatic heterocycles. The second kappa shape index (κ2) is 17.9. The van der Waals surface area contributed by atoms with Crippen molar-refractivity contribution in [3.05, 3.63) is 65.2 Å². The number of rotatable bonds is 11. The lowest BCUT2D eigenvalue weighted by Crippen LogP contribution is -2.38. The maximum Gasteiger partial charge on any atom is 0.410 e. The van der Waals surface area contributed by atoms with E-state index in [0.717, 1.165) is 16.7 Å². The highest BCUT2D eigenvalue weighted by molar-refractivity contribution is 5.75. The Balaban J connectivity index is 1.45. The van der Waals surface area contributed by atoms with Crippen molar-refractivity contribution in [3.8, 4) is 5.75 Å². The lowest BCUT2D eigenvalue weighted by atomic mass is 9.85. The van der Waals surface area contributed by atoms with Gasteiger partial charge in [-0.25, -0.2) is 9.59 Å². The van der Waals surface area contributed by atoms with Crippen molar-refractivity contribution < 1.29 is 42.9 Å². The summed E-state index contributed by atoms with van der Waals surface area (Å²) in [7, 11) is 0. The molecule has 0 radical (unpaired) electrons. The molecule has 56 heavy (non-hydrogen) atoms. The maximum atomic E-state index is 13.6. The first-order valence-electron chi connectivity index (χ1n) is 20.1. The monoisotopic (exact) mass is 778 g/mol. The highest BCUT2D eigenvalue weighted by Gasteiger charge is 2.40. The summed E-state index contributed by atoms with van der Waals surface area (Å²) >= 11 is 0. The van der Waals surface area contributed by atoms with E-state index in [1.807, 2.05) is 126 Å². The largest absolute Gasteiger partial charge is 0.489 e. The number of ether oxygens (including phenoxy) is 5. The van der Waals surface area contributed by atoms with Crippen molar-refractivity contribution in [3.63, 3.8) is 0 Å². The molecule has 4 atom stereocenters. The Morgan fingerprint density at radius 1 is 0.571 bits per heavy atom. The molecule has 0 aliphatic carbocycles. The molecule has 2 amide bonds. The summed E-state index contributed by atoms with van der Waals surface area (Å²) in [5, 5.41) is 0. The molecule has 2 saturated heterocycles. The Kier molecular flexibility index (Phi) is 14.2. The zero-order valence-corrected chi connectivity index (χ0v) is 35.9. The number of likely N-dealkylation sites (tertiary alicyclic amines) is 2. The Morgan fingerprint density at radius 2 is 0.964 bits per heavy atom. The summed E-state index contributed by atoms with van der Waals surface area (Å²) in [5.74, 6) is -0.945. The fourth-order valence-electron chi connectivity index (χ4n) is 7.14. The van der Waals surface area contributed by atoms with Gasteiger partial charge in [0.2, 0.25) is 0 Å². The van der Waals surface area contributed by atoms with E-state index in [0.29, 0.717) is 64.2 Å². The molecule has 2 unspecified atom stereocenters. The van der Waals surface area contributed by atoms with Gasteiger partial charge in [-0.2, -0.15) is 0 Å². The highest BCUT2D eigenvalue weighted by Crippen LogP contribution is 2.33. The van der Waals surface area contributed by atoms with E-state index in [4.69, 9.17) is 23.7 Å². The van der Waals surface area contributed by atoms with Gasteiger partial charge in [0, 0.05) is 26.2 Å². The minimum absolute atomic E-state index is 0.0749. The topological polar surface area (TPSA) is 121 Å². The number of hydrogen-bond donors (Lipinski definition) is 0. The molecule has 2 heterocycles. The van der Waals surface area contributed by atoms with Gasteiger partial charge < -0.3 is 33.5 Å². The summed E-state index contributed by atoms with van der Waals surface area (Å²) in [4.78, 5) is 56.3. The smallest absolute Gasteiger partial charge is 0.410 e. The molecule has 2 aromatic rings. The van der Waals surface area contributed by atoms with Gasteiger partial charge in [-0.3, -0.25) is 9.59 Å². The van der Waals surface area contributed by atoms with Gasteiger partial charge >= 0.3 is 24.1 Å². The van der Waals surface area contributed by atoms with Gasteiger partial charge in [0.15, 0.2) is 0 Å². The standard InChI is InChI=1S/C45H66N2O9/c1-42(2,3)53-38(48)36(33-19-21-46(27-33)40(50)55-44(7,8)9)25-30-15-13-17-32(23-30)29-52-35-18-14-16-31(24-35)26-37(39(49)54-43(4,5)6)34-20-22-47(28-34)41(51)56-45(10,11)12/h13-18,23-24,33-34,36-37H,19-22,25-29H2,1-12H3/t33-,34-,36?,37?/m0/s1. The number of hydrogen-bond acceptors (Lipinski definition) is 9. The van der Waals surface area contributed by atoms with E-state index in [1.165, 1.54) is 0 Å². The summed E-state index contributed by atoms with van der Waals surface area (Å²) < 4.78 is 29.3. The molecule has 11 heteroatoms. The van der Waals surface area contributed by atoms with Gasteiger partial charge in [0.05, 0.1) is 11.8 Å². The molecular weight excluding hydrogens is 712 g/mol. The van der Waals surface area contributed by atoms with Crippen LogP contribution in [0.2, 0.25) is 0 Å². The Bertz CT molecular complexity index is 1550. The summed E-state index contributed by atoms with van der Waals surface area (Å²) in [6, 6.07) is 15.8. The molecule has 0 spiro atoms. The third-order valence-electron chi connectivity index (χ3n) is 9.52. The van der Waals surface area contributed by atoms with Gasteiger partial charge in [-0.1, -0.05) is 36.4 Å². The van der Waals surface area contributed by atoms with Crippen LogP contribution in [0.15, 0.2) is 48.5 Å². The van der Waals surface area contributed by atoms with Crippen LogP contribution in [-0.4, -0.2) is 82.5 Å². The Hall–Kier alpha value is -4.28. The normalized spacial score (nSPS) is 18.9. The fraction of sp³-hybridized carbons (Fsp3) is 0.644. The summed E-state index contributed by atoms with van der Waals surface area (Å²) in [5.41, 5.74) is 0.346. The van der Waals surface area contributed by atoms with Crippen LogP contribution in [0.3, 0.4) is 0 Å². The van der Waals surface area contributed by atoms with Gasteiger partial charge in [-0.05, 0) is 149 Å². The molecule has 2 aromatic carbocycles. The number of carbonyl (C=O) groups excluding carboxylic acids is 4. The number of nitrogens with zero attached hydrogens (tertiary/aromatic N) is 2. The molecule has 2 aliphatic rings. The van der Waals surface area contributed by atoms with Gasteiger partial charge in [-0.15, -0.1) is 0 Å². The van der Waals surface area contributed by atoms with Crippen molar-refractivity contribution in [1.82, 2.24) is 9.80 Å². The number of amides is 2. The van der Waals surface area contributed by atoms with Crippen molar-refractivity contribution in [2.45, 2.75) is 138 Å². The lowest BCUT2D eigenvalue weighted by Gasteiger charge is -2.28. The minimum atomic E-state index is -0.650. The zero-order valence-electron chi connectivity index (χ0n) is 35.9. The van der Waals surface area contributed by atoms with Crippen LogP contribution in [0.4, 0.5) is 9.59 Å². The van der Waals surface area contributed by atoms with E-state index in [2.05, 4.69) is 6.07 Å². The Labute approximate surface area is 334 Å². The molecule has 2 fully saturated rings. The predicted molar refractivity (Wildman–Crippen MR) is 215 cm³/mol. The third-order valence-corrected chi connectivity index (χ3v) is 9.52. The second-order valence-electron chi connectivity index (χ2n) is 19.4. The number of carbonyl (C=O) groups is 4. The van der Waals surface area contributed by atoms with Crippen LogP contribution in [0.1, 0.15) is 113 Å². The van der Waals surface area contributed by atoms with Crippen molar-refractivity contribution >= 4 is 24.1 Å². The van der Waals surface area contributed by atoms with Crippen LogP contribution in [0, 0.1) is 23.7 Å². The van der Waals surface area contributed by atoms with Gasteiger partial charge in [0.1, 0.15) is 34.8 Å². The third kappa shape index (κ3) is 14.3. The second-order valence-corrected chi connectivity index (χ2v) is 19.4. The fourth-order valence-corrected chi connectivity index (χ4v) is 7.14. The first-order valence-corrected chi connectivity index (χ1v) is 20.1. The molecule has 11 nitrogen and oxygen atoms in total. The first-order chi connectivity index (χ1) is 25.8. The first kappa shape index (κ1) is 44.4. The average Bonchev–Trinajstić information content (AvgIpc) is 3.74. The summed E-state index contributed by atoms with van der Waals surface area (Å²) in [6.07, 6.45) is 1.52. The van der Waals surface area contributed by atoms with Crippen LogP contribution < -0.4 is 4.74 Å². The van der Waals surface area contributed by atoms with E-state index in [1.54, 1.807) is 9.80 Å². The van der Waals surface area contributed by atoms with Crippen LogP contribution in [-0.2, 0) is 48.0 Å². The summed E-state index contributed by atoms with van der Waals surface area (Å²) in [6.45, 7) is 24.4. The van der Waals surface area contributed by atoms with E-state index in [-0.39, 0.29) is 36.0 Å². The average molecular weight is 779 g/mol.